The first-order valence-electron chi connectivity index (χ1n) is 5.54. The second kappa shape index (κ2) is 5.96. The van der Waals surface area contributed by atoms with Gasteiger partial charge in [-0.15, -0.1) is 0 Å². The van der Waals surface area contributed by atoms with Crippen LogP contribution in [0, 0.1) is 0 Å². The fourth-order valence-electron chi connectivity index (χ4n) is 1.83. The number of halogens is 6. The van der Waals surface area contributed by atoms with E-state index in [9.17, 15) is 13.2 Å². The number of alkyl halides is 4. The smallest absolute Gasteiger partial charge is 0.166 e. The minimum absolute atomic E-state index is 0.312. The molecule has 0 aliphatic carbocycles. The highest BCUT2D eigenvalue weighted by Crippen LogP contribution is 2.35. The molecule has 0 atom stereocenters. The van der Waals surface area contributed by atoms with E-state index in [0.717, 1.165) is 17.7 Å². The van der Waals surface area contributed by atoms with E-state index in [-0.39, 0.29) is 0 Å². The molecule has 0 nitrogen and oxygen atoms in total. The van der Waals surface area contributed by atoms with Gasteiger partial charge in [-0.25, -0.2) is 0 Å². The Morgan fingerprint density at radius 1 is 0.950 bits per heavy atom. The van der Waals surface area contributed by atoms with Gasteiger partial charge in [-0.05, 0) is 41.0 Å². The Labute approximate surface area is 132 Å². The van der Waals surface area contributed by atoms with Crippen LogP contribution in [0.4, 0.5) is 13.2 Å². The fraction of sp³-hybridized carbons (Fsp3) is 0.143. The van der Waals surface area contributed by atoms with Gasteiger partial charge in [-0.1, -0.05) is 51.3 Å². The van der Waals surface area contributed by atoms with E-state index >= 15 is 0 Å². The molecule has 0 saturated carbocycles. The fourth-order valence-corrected chi connectivity index (χ4v) is 2.59. The maximum Gasteiger partial charge on any atom is 0.416 e. The summed E-state index contributed by atoms with van der Waals surface area (Å²) in [6.45, 7) is 0. The summed E-state index contributed by atoms with van der Waals surface area (Å²) in [7, 11) is 0. The summed E-state index contributed by atoms with van der Waals surface area (Å²) in [5.41, 5.74) is 1.28. The molecule has 0 aliphatic heterocycles. The van der Waals surface area contributed by atoms with E-state index < -0.39 is 11.7 Å². The summed E-state index contributed by atoms with van der Waals surface area (Å²) in [6.07, 6.45) is -4.35. The van der Waals surface area contributed by atoms with Crippen molar-refractivity contribution in [2.45, 2.75) is 11.5 Å². The Balaban J connectivity index is 2.54. The van der Waals surface area contributed by atoms with Gasteiger partial charge >= 0.3 is 6.18 Å². The molecule has 0 N–H and O–H groups in total. The highest BCUT2D eigenvalue weighted by atomic mass is 79.9. The first kappa shape index (κ1) is 15.7. The SMILES string of the molecule is FC(F)(F)c1ccc(-c2ccc(Cl)c(Cl)c2)c(CBr)c1. The van der Waals surface area contributed by atoms with Crippen LogP contribution in [-0.2, 0) is 11.5 Å². The monoisotopic (exact) mass is 382 g/mol. The summed E-state index contributed by atoms with van der Waals surface area (Å²) >= 11 is 15.0. The number of benzene rings is 2. The molecule has 106 valence electrons. The summed E-state index contributed by atoms with van der Waals surface area (Å²) < 4.78 is 38.1. The quantitative estimate of drug-likeness (QED) is 0.514. The highest BCUT2D eigenvalue weighted by Gasteiger charge is 2.30. The second-order valence-electron chi connectivity index (χ2n) is 4.13. The predicted octanol–water partition coefficient (Wildman–Crippen LogP) is 6.57. The summed E-state index contributed by atoms with van der Waals surface area (Å²) in [6, 6.07) is 8.62. The van der Waals surface area contributed by atoms with Crippen molar-refractivity contribution >= 4 is 39.1 Å². The second-order valence-corrected chi connectivity index (χ2v) is 5.51. The van der Waals surface area contributed by atoms with Crippen LogP contribution in [0.25, 0.3) is 11.1 Å². The van der Waals surface area contributed by atoms with Crippen molar-refractivity contribution in [1.29, 1.82) is 0 Å². The lowest BCUT2D eigenvalue weighted by molar-refractivity contribution is -0.137. The first-order valence-corrected chi connectivity index (χ1v) is 7.42. The first-order chi connectivity index (χ1) is 9.32. The average molecular weight is 384 g/mol. The molecule has 6 heteroatoms. The molecular weight excluding hydrogens is 376 g/mol. The van der Waals surface area contributed by atoms with E-state index in [1.165, 1.54) is 6.07 Å². The van der Waals surface area contributed by atoms with Crippen molar-refractivity contribution in [1.82, 2.24) is 0 Å². The molecule has 0 radical (unpaired) electrons. The molecule has 2 aromatic rings. The molecular formula is C14H8BrCl2F3. The van der Waals surface area contributed by atoms with Crippen molar-refractivity contribution in [2.24, 2.45) is 0 Å². The molecule has 0 bridgehead atoms. The number of hydrogen-bond acceptors (Lipinski definition) is 0. The van der Waals surface area contributed by atoms with E-state index in [1.54, 1.807) is 18.2 Å². The summed E-state index contributed by atoms with van der Waals surface area (Å²) in [4.78, 5) is 0. The topological polar surface area (TPSA) is 0 Å². The van der Waals surface area contributed by atoms with E-state index in [2.05, 4.69) is 15.9 Å². The molecule has 0 saturated heterocycles. The minimum atomic E-state index is -4.35. The molecule has 0 amide bonds. The van der Waals surface area contributed by atoms with Crippen molar-refractivity contribution in [3.05, 3.63) is 57.6 Å². The number of hydrogen-bond donors (Lipinski definition) is 0. The number of rotatable bonds is 2. The van der Waals surface area contributed by atoms with Crippen LogP contribution in [0.2, 0.25) is 10.0 Å². The van der Waals surface area contributed by atoms with Crippen LogP contribution >= 0.6 is 39.1 Å². The van der Waals surface area contributed by atoms with Gasteiger partial charge in [0.25, 0.3) is 0 Å². The van der Waals surface area contributed by atoms with Gasteiger partial charge in [0.15, 0.2) is 0 Å². The lowest BCUT2D eigenvalue weighted by atomic mass is 9.98. The summed E-state index contributed by atoms with van der Waals surface area (Å²) in [5, 5.41) is 1.08. The highest BCUT2D eigenvalue weighted by molar-refractivity contribution is 9.08. The Morgan fingerprint density at radius 2 is 1.65 bits per heavy atom. The Bertz CT molecular complexity index is 639. The van der Waals surface area contributed by atoms with Gasteiger partial charge in [0, 0.05) is 5.33 Å². The zero-order valence-electron chi connectivity index (χ0n) is 9.94. The van der Waals surface area contributed by atoms with Crippen molar-refractivity contribution in [2.75, 3.05) is 0 Å². The van der Waals surface area contributed by atoms with Crippen LogP contribution in [0.15, 0.2) is 36.4 Å². The molecule has 0 aromatic heterocycles. The van der Waals surface area contributed by atoms with Gasteiger partial charge in [-0.2, -0.15) is 13.2 Å². The summed E-state index contributed by atoms with van der Waals surface area (Å²) in [5.74, 6) is 0. The molecule has 0 heterocycles. The van der Waals surface area contributed by atoms with Gasteiger partial charge in [-0.3, -0.25) is 0 Å². The third kappa shape index (κ3) is 3.30. The minimum Gasteiger partial charge on any atom is -0.166 e. The van der Waals surface area contributed by atoms with Gasteiger partial charge in [0.1, 0.15) is 0 Å². The molecule has 0 fully saturated rings. The van der Waals surface area contributed by atoms with Crippen LogP contribution in [0.3, 0.4) is 0 Å². The standard InChI is InChI=1S/C14H8BrCl2F3/c15-7-9-5-10(14(18,19)20)2-3-11(9)8-1-4-12(16)13(17)6-8/h1-6H,7H2. The zero-order chi connectivity index (χ0) is 14.9. The van der Waals surface area contributed by atoms with E-state index in [1.807, 2.05) is 0 Å². The van der Waals surface area contributed by atoms with Crippen molar-refractivity contribution in [3.63, 3.8) is 0 Å². The molecule has 0 spiro atoms. The predicted molar refractivity (Wildman–Crippen MR) is 79.5 cm³/mol. The van der Waals surface area contributed by atoms with Gasteiger partial charge in [0.05, 0.1) is 15.6 Å². The van der Waals surface area contributed by atoms with Crippen LogP contribution in [-0.4, -0.2) is 0 Å². The van der Waals surface area contributed by atoms with Crippen LogP contribution < -0.4 is 0 Å². The van der Waals surface area contributed by atoms with Crippen molar-refractivity contribution < 1.29 is 13.2 Å². The van der Waals surface area contributed by atoms with Gasteiger partial charge in [0.2, 0.25) is 0 Å². The maximum absolute atomic E-state index is 12.7. The molecule has 0 aliphatic rings. The Hall–Kier alpha value is -0.710. The van der Waals surface area contributed by atoms with E-state index in [4.69, 9.17) is 23.2 Å². The third-order valence-corrected chi connectivity index (χ3v) is 4.15. The lowest BCUT2D eigenvalue weighted by Crippen LogP contribution is -2.05. The average Bonchev–Trinajstić information content (AvgIpc) is 2.40. The molecule has 2 rings (SSSR count). The maximum atomic E-state index is 12.7. The van der Waals surface area contributed by atoms with Crippen LogP contribution in [0.5, 0.6) is 0 Å². The largest absolute Gasteiger partial charge is 0.416 e. The molecule has 2 aromatic carbocycles. The van der Waals surface area contributed by atoms with E-state index in [0.29, 0.717) is 26.5 Å². The Kier molecular flexibility index (Phi) is 4.67. The lowest BCUT2D eigenvalue weighted by Gasteiger charge is -2.13. The third-order valence-electron chi connectivity index (χ3n) is 2.81. The zero-order valence-corrected chi connectivity index (χ0v) is 13.0. The molecule has 0 unspecified atom stereocenters. The van der Waals surface area contributed by atoms with Gasteiger partial charge < -0.3 is 0 Å². The van der Waals surface area contributed by atoms with Crippen molar-refractivity contribution in [3.8, 4) is 11.1 Å². The normalized spacial score (nSPS) is 11.7. The molecule has 20 heavy (non-hydrogen) atoms. The Morgan fingerprint density at radius 3 is 2.20 bits per heavy atom. The van der Waals surface area contributed by atoms with Crippen LogP contribution in [0.1, 0.15) is 11.1 Å².